The number of benzene rings is 2. The van der Waals surface area contributed by atoms with Gasteiger partial charge in [-0.15, -0.1) is 0 Å². The Labute approximate surface area is 125 Å². The highest BCUT2D eigenvalue weighted by Gasteiger charge is 2.32. The maximum atomic E-state index is 11.6. The Morgan fingerprint density at radius 1 is 1.00 bits per heavy atom. The molecule has 3 heteroatoms. The Balaban J connectivity index is 2.30. The van der Waals surface area contributed by atoms with Gasteiger partial charge in [-0.05, 0) is 35.2 Å². The monoisotopic (exact) mass is 284 g/mol. The van der Waals surface area contributed by atoms with Gasteiger partial charge in [0.25, 0.3) is 0 Å². The summed E-state index contributed by atoms with van der Waals surface area (Å²) in [6.45, 7) is 5.78. The molecule has 21 heavy (non-hydrogen) atoms. The number of carboxylic acid groups (broad SMARTS) is 1. The van der Waals surface area contributed by atoms with E-state index < -0.39 is 11.9 Å². The fourth-order valence-electron chi connectivity index (χ4n) is 2.40. The lowest BCUT2D eigenvalue weighted by Crippen LogP contribution is -2.26. The molecule has 1 unspecified atom stereocenters. The maximum Gasteiger partial charge on any atom is 0.311 e. The zero-order chi connectivity index (χ0) is 15.5. The lowest BCUT2D eigenvalue weighted by atomic mass is 9.76. The molecule has 0 bridgehead atoms. The van der Waals surface area contributed by atoms with Crippen LogP contribution in [0.5, 0.6) is 11.5 Å². The van der Waals surface area contributed by atoms with Gasteiger partial charge in [-0.25, -0.2) is 0 Å². The molecule has 0 heterocycles. The molecular weight excluding hydrogens is 264 g/mol. The Bertz CT molecular complexity index is 612. The van der Waals surface area contributed by atoms with Crippen LogP contribution in [0.2, 0.25) is 0 Å². The van der Waals surface area contributed by atoms with Crippen LogP contribution in [0.3, 0.4) is 0 Å². The molecule has 1 atom stereocenters. The van der Waals surface area contributed by atoms with Gasteiger partial charge in [-0.2, -0.15) is 0 Å². The second kappa shape index (κ2) is 6.00. The summed E-state index contributed by atoms with van der Waals surface area (Å²) in [7, 11) is 0. The van der Waals surface area contributed by atoms with Gasteiger partial charge in [0.05, 0.1) is 5.92 Å². The average molecular weight is 284 g/mol. The minimum absolute atomic E-state index is 0.364. The summed E-state index contributed by atoms with van der Waals surface area (Å²) in [4.78, 5) is 11.6. The lowest BCUT2D eigenvalue weighted by molar-refractivity contribution is -0.141. The summed E-state index contributed by atoms with van der Waals surface area (Å²) < 4.78 is 5.77. The minimum atomic E-state index is -0.820. The number of hydrogen-bond acceptors (Lipinski definition) is 2. The van der Waals surface area contributed by atoms with Crippen LogP contribution in [0.1, 0.15) is 32.3 Å². The summed E-state index contributed by atoms with van der Waals surface area (Å²) in [5, 5.41) is 9.50. The average Bonchev–Trinajstić information content (AvgIpc) is 2.38. The smallest absolute Gasteiger partial charge is 0.311 e. The predicted octanol–water partition coefficient (Wildman–Crippen LogP) is 4.69. The van der Waals surface area contributed by atoms with Crippen molar-refractivity contribution in [2.45, 2.75) is 26.7 Å². The van der Waals surface area contributed by atoms with Crippen molar-refractivity contribution < 1.29 is 14.6 Å². The van der Waals surface area contributed by atoms with Gasteiger partial charge in [0.2, 0.25) is 0 Å². The number of para-hydroxylation sites is 1. The predicted molar refractivity (Wildman–Crippen MR) is 82.8 cm³/mol. The van der Waals surface area contributed by atoms with Crippen molar-refractivity contribution >= 4 is 5.97 Å². The van der Waals surface area contributed by atoms with E-state index in [-0.39, 0.29) is 5.41 Å². The van der Waals surface area contributed by atoms with Crippen LogP contribution in [0.15, 0.2) is 54.6 Å². The molecule has 0 saturated carbocycles. The van der Waals surface area contributed by atoms with Gasteiger partial charge >= 0.3 is 5.97 Å². The van der Waals surface area contributed by atoms with Crippen molar-refractivity contribution in [3.8, 4) is 11.5 Å². The zero-order valence-electron chi connectivity index (χ0n) is 12.5. The lowest BCUT2D eigenvalue weighted by Gasteiger charge is -2.27. The first-order chi connectivity index (χ1) is 9.88. The van der Waals surface area contributed by atoms with Crippen LogP contribution in [0.4, 0.5) is 0 Å². The van der Waals surface area contributed by atoms with Crippen LogP contribution >= 0.6 is 0 Å². The van der Waals surface area contributed by atoms with Crippen molar-refractivity contribution in [1.29, 1.82) is 0 Å². The van der Waals surface area contributed by atoms with Crippen molar-refractivity contribution in [2.75, 3.05) is 0 Å². The molecule has 110 valence electrons. The number of carboxylic acids is 1. The normalized spacial score (nSPS) is 12.7. The largest absolute Gasteiger partial charge is 0.481 e. The van der Waals surface area contributed by atoms with Gasteiger partial charge in [-0.3, -0.25) is 4.79 Å². The number of rotatable bonds is 4. The molecule has 0 aliphatic rings. The van der Waals surface area contributed by atoms with E-state index in [9.17, 15) is 9.90 Å². The summed E-state index contributed by atoms with van der Waals surface area (Å²) in [5.74, 6) is -0.0114. The number of carbonyl (C=O) groups is 1. The zero-order valence-corrected chi connectivity index (χ0v) is 12.5. The summed E-state index contributed by atoms with van der Waals surface area (Å²) in [6, 6.07) is 16.7. The first-order valence-corrected chi connectivity index (χ1v) is 6.93. The summed E-state index contributed by atoms with van der Waals surface area (Å²) in [6.07, 6.45) is 0. The van der Waals surface area contributed by atoms with E-state index >= 15 is 0 Å². The fourth-order valence-corrected chi connectivity index (χ4v) is 2.40. The molecule has 0 radical (unpaired) electrons. The van der Waals surface area contributed by atoms with Crippen molar-refractivity contribution in [3.05, 3.63) is 60.2 Å². The van der Waals surface area contributed by atoms with E-state index in [1.165, 1.54) is 0 Å². The van der Waals surface area contributed by atoms with Crippen LogP contribution in [-0.4, -0.2) is 11.1 Å². The Kier molecular flexibility index (Phi) is 4.32. The highest BCUT2D eigenvalue weighted by molar-refractivity contribution is 5.77. The quantitative estimate of drug-likeness (QED) is 0.885. The standard InChI is InChI=1S/C18H20O3/c1-18(2,3)16(17(19)20)13-8-7-11-15(12-13)21-14-9-5-4-6-10-14/h4-12,16H,1-3H3,(H,19,20). The molecular formula is C18H20O3. The number of ether oxygens (including phenoxy) is 1. The third-order valence-corrected chi connectivity index (χ3v) is 3.28. The van der Waals surface area contributed by atoms with Crippen molar-refractivity contribution in [2.24, 2.45) is 5.41 Å². The van der Waals surface area contributed by atoms with E-state index in [4.69, 9.17) is 4.74 Å². The SMILES string of the molecule is CC(C)(C)C(C(=O)O)c1cccc(Oc2ccccc2)c1. The second-order valence-corrected chi connectivity index (χ2v) is 6.12. The molecule has 2 aromatic rings. The summed E-state index contributed by atoms with van der Waals surface area (Å²) in [5.41, 5.74) is 0.389. The number of hydrogen-bond donors (Lipinski definition) is 1. The third kappa shape index (κ3) is 3.85. The summed E-state index contributed by atoms with van der Waals surface area (Å²) >= 11 is 0. The van der Waals surface area contributed by atoms with Crippen LogP contribution < -0.4 is 4.74 Å². The molecule has 1 N–H and O–H groups in total. The fraction of sp³-hybridized carbons (Fsp3) is 0.278. The molecule has 0 fully saturated rings. The van der Waals surface area contributed by atoms with E-state index in [0.717, 1.165) is 11.3 Å². The molecule has 0 aromatic heterocycles. The first kappa shape index (κ1) is 15.1. The van der Waals surface area contributed by atoms with Gasteiger partial charge < -0.3 is 9.84 Å². The number of aliphatic carboxylic acids is 1. The molecule has 0 aliphatic carbocycles. The van der Waals surface area contributed by atoms with Crippen molar-refractivity contribution in [1.82, 2.24) is 0 Å². The first-order valence-electron chi connectivity index (χ1n) is 6.93. The molecule has 2 aromatic carbocycles. The molecule has 0 aliphatic heterocycles. The van der Waals surface area contributed by atoms with E-state index in [1.807, 2.05) is 69.3 Å². The topological polar surface area (TPSA) is 46.5 Å². The van der Waals surface area contributed by atoms with E-state index in [0.29, 0.717) is 5.75 Å². The molecule has 0 amide bonds. The molecule has 0 spiro atoms. The van der Waals surface area contributed by atoms with Crippen LogP contribution in [0, 0.1) is 5.41 Å². The van der Waals surface area contributed by atoms with Crippen LogP contribution in [-0.2, 0) is 4.79 Å². The highest BCUT2D eigenvalue weighted by atomic mass is 16.5. The second-order valence-electron chi connectivity index (χ2n) is 6.12. The molecule has 2 rings (SSSR count). The van der Waals surface area contributed by atoms with E-state index in [1.54, 1.807) is 6.07 Å². The Morgan fingerprint density at radius 3 is 2.19 bits per heavy atom. The molecule has 0 saturated heterocycles. The minimum Gasteiger partial charge on any atom is -0.481 e. The van der Waals surface area contributed by atoms with Gasteiger partial charge in [0.15, 0.2) is 0 Å². The Morgan fingerprint density at radius 2 is 1.62 bits per heavy atom. The van der Waals surface area contributed by atoms with E-state index in [2.05, 4.69) is 0 Å². The highest BCUT2D eigenvalue weighted by Crippen LogP contribution is 2.37. The van der Waals surface area contributed by atoms with Crippen LogP contribution in [0.25, 0.3) is 0 Å². The van der Waals surface area contributed by atoms with Gasteiger partial charge in [-0.1, -0.05) is 51.1 Å². The third-order valence-electron chi connectivity index (χ3n) is 3.28. The van der Waals surface area contributed by atoms with Gasteiger partial charge in [0.1, 0.15) is 11.5 Å². The molecule has 3 nitrogen and oxygen atoms in total. The maximum absolute atomic E-state index is 11.6. The van der Waals surface area contributed by atoms with Gasteiger partial charge in [0, 0.05) is 0 Å². The Hall–Kier alpha value is -2.29. The van der Waals surface area contributed by atoms with Crippen molar-refractivity contribution in [3.63, 3.8) is 0 Å².